The second kappa shape index (κ2) is 4.21. The maximum absolute atomic E-state index is 8.60. The molecule has 0 saturated carbocycles. The van der Waals surface area contributed by atoms with Crippen LogP contribution in [0.15, 0.2) is 18.3 Å². The fourth-order valence-corrected chi connectivity index (χ4v) is 1.30. The molecule has 1 aromatic rings. The number of nitriles is 1. The fraction of sp³-hybridized carbons (Fsp3) is 0.455. The third kappa shape index (κ3) is 2.30. The maximum atomic E-state index is 8.60. The first-order valence-corrected chi connectivity index (χ1v) is 4.46. The zero-order valence-electron chi connectivity index (χ0n) is 8.74. The van der Waals surface area contributed by atoms with Crippen molar-refractivity contribution in [3.05, 3.63) is 29.6 Å². The van der Waals surface area contributed by atoms with Crippen LogP contribution < -0.4 is 0 Å². The fourth-order valence-electron chi connectivity index (χ4n) is 1.30. The van der Waals surface area contributed by atoms with Crippen LogP contribution in [-0.2, 0) is 10.2 Å². The zero-order valence-corrected chi connectivity index (χ0v) is 8.74. The summed E-state index contributed by atoms with van der Waals surface area (Å²) in [4.78, 5) is 4.03. The molecule has 14 heavy (non-hydrogen) atoms. The second-order valence-corrected chi connectivity index (χ2v) is 3.86. The van der Waals surface area contributed by atoms with Crippen LogP contribution in [0.1, 0.15) is 25.1 Å². The van der Waals surface area contributed by atoms with Crippen LogP contribution in [-0.4, -0.2) is 18.7 Å². The molecule has 0 fully saturated rings. The monoisotopic (exact) mass is 190 g/mol. The molecule has 0 atom stereocenters. The highest BCUT2D eigenvalue weighted by Gasteiger charge is 2.20. The summed E-state index contributed by atoms with van der Waals surface area (Å²) < 4.78 is 5.12. The van der Waals surface area contributed by atoms with Crippen LogP contribution in [0.4, 0.5) is 0 Å². The number of ether oxygens (including phenoxy) is 1. The van der Waals surface area contributed by atoms with Gasteiger partial charge in [0.25, 0.3) is 0 Å². The highest BCUT2D eigenvalue weighted by atomic mass is 16.5. The molecule has 0 N–H and O–H groups in total. The van der Waals surface area contributed by atoms with E-state index in [4.69, 9.17) is 10.00 Å². The van der Waals surface area contributed by atoms with Crippen LogP contribution >= 0.6 is 0 Å². The van der Waals surface area contributed by atoms with Crippen LogP contribution in [0, 0.1) is 11.3 Å². The topological polar surface area (TPSA) is 45.9 Å². The molecule has 74 valence electrons. The molecule has 3 nitrogen and oxygen atoms in total. The van der Waals surface area contributed by atoms with E-state index in [9.17, 15) is 0 Å². The molecular formula is C11H14N2O. The molecule has 0 aliphatic heterocycles. The standard InChI is InChI=1S/C11H14N2O/c1-11(2,8-14-3)9-4-5-10(6-12)13-7-9/h4-5,7H,8H2,1-3H3. The van der Waals surface area contributed by atoms with Gasteiger partial charge in [0.1, 0.15) is 11.8 Å². The Morgan fingerprint density at radius 2 is 2.21 bits per heavy atom. The van der Waals surface area contributed by atoms with Crippen molar-refractivity contribution in [2.45, 2.75) is 19.3 Å². The van der Waals surface area contributed by atoms with Gasteiger partial charge < -0.3 is 4.74 Å². The Balaban J connectivity index is 2.92. The quantitative estimate of drug-likeness (QED) is 0.731. The SMILES string of the molecule is COCC(C)(C)c1ccc(C#N)nc1. The van der Waals surface area contributed by atoms with Gasteiger partial charge in [-0.2, -0.15) is 5.26 Å². The van der Waals surface area contributed by atoms with Crippen LogP contribution in [0.25, 0.3) is 0 Å². The third-order valence-electron chi connectivity index (χ3n) is 2.16. The maximum Gasteiger partial charge on any atom is 0.140 e. The number of hydrogen-bond acceptors (Lipinski definition) is 3. The number of rotatable bonds is 3. The lowest BCUT2D eigenvalue weighted by atomic mass is 9.87. The molecule has 1 rings (SSSR count). The van der Waals surface area contributed by atoms with Crippen molar-refractivity contribution < 1.29 is 4.74 Å². The van der Waals surface area contributed by atoms with Crippen molar-refractivity contribution in [1.29, 1.82) is 5.26 Å². The summed E-state index contributed by atoms with van der Waals surface area (Å²) in [6.45, 7) is 4.81. The number of nitrogens with zero attached hydrogens (tertiary/aromatic N) is 2. The van der Waals surface area contributed by atoms with Crippen LogP contribution in [0.2, 0.25) is 0 Å². The van der Waals surface area contributed by atoms with Gasteiger partial charge in [-0.1, -0.05) is 19.9 Å². The van der Waals surface area contributed by atoms with Crippen molar-refractivity contribution >= 4 is 0 Å². The highest BCUT2D eigenvalue weighted by Crippen LogP contribution is 2.22. The van der Waals surface area contributed by atoms with E-state index in [-0.39, 0.29) is 5.41 Å². The first-order chi connectivity index (χ1) is 6.60. The Hall–Kier alpha value is -1.40. The lowest BCUT2D eigenvalue weighted by molar-refractivity contribution is 0.146. The molecule has 0 unspecified atom stereocenters. The van der Waals surface area contributed by atoms with E-state index in [0.717, 1.165) is 5.56 Å². The number of hydrogen-bond donors (Lipinski definition) is 0. The van der Waals surface area contributed by atoms with E-state index in [2.05, 4.69) is 18.8 Å². The molecular weight excluding hydrogens is 176 g/mol. The van der Waals surface area contributed by atoms with E-state index >= 15 is 0 Å². The van der Waals surface area contributed by atoms with Crippen molar-refractivity contribution in [3.63, 3.8) is 0 Å². The average Bonchev–Trinajstić information content (AvgIpc) is 2.18. The minimum absolute atomic E-state index is 0.0598. The Labute approximate surface area is 84.3 Å². The third-order valence-corrected chi connectivity index (χ3v) is 2.16. The molecule has 3 heteroatoms. The largest absolute Gasteiger partial charge is 0.384 e. The van der Waals surface area contributed by atoms with E-state index in [1.165, 1.54) is 0 Å². The summed E-state index contributed by atoms with van der Waals surface area (Å²) in [5.41, 5.74) is 1.47. The van der Waals surface area contributed by atoms with E-state index in [1.807, 2.05) is 12.1 Å². The van der Waals surface area contributed by atoms with Crippen LogP contribution in [0.3, 0.4) is 0 Å². The van der Waals surface area contributed by atoms with Gasteiger partial charge in [0.2, 0.25) is 0 Å². The van der Waals surface area contributed by atoms with Crippen molar-refractivity contribution in [1.82, 2.24) is 4.98 Å². The first kappa shape index (κ1) is 10.7. The molecule has 0 aliphatic rings. The first-order valence-electron chi connectivity index (χ1n) is 4.46. The Morgan fingerprint density at radius 1 is 1.50 bits per heavy atom. The second-order valence-electron chi connectivity index (χ2n) is 3.86. The molecule has 0 saturated heterocycles. The van der Waals surface area contributed by atoms with Gasteiger partial charge >= 0.3 is 0 Å². The molecule has 1 aromatic heterocycles. The average molecular weight is 190 g/mol. The minimum Gasteiger partial charge on any atom is -0.384 e. The molecule has 1 heterocycles. The van der Waals surface area contributed by atoms with E-state index in [1.54, 1.807) is 19.4 Å². The molecule has 0 aromatic carbocycles. The molecule has 0 aliphatic carbocycles. The van der Waals surface area contributed by atoms with Gasteiger partial charge in [-0.3, -0.25) is 0 Å². The summed E-state index contributed by atoms with van der Waals surface area (Å²) >= 11 is 0. The molecule has 0 amide bonds. The Morgan fingerprint density at radius 3 is 2.64 bits per heavy atom. The predicted molar refractivity (Wildman–Crippen MR) is 53.9 cm³/mol. The van der Waals surface area contributed by atoms with Gasteiger partial charge in [0, 0.05) is 18.7 Å². The number of pyridine rings is 1. The van der Waals surface area contributed by atoms with Gasteiger partial charge in [-0.05, 0) is 11.6 Å². The lowest BCUT2D eigenvalue weighted by Gasteiger charge is -2.23. The summed E-state index contributed by atoms with van der Waals surface area (Å²) in [5.74, 6) is 0. The van der Waals surface area contributed by atoms with Gasteiger partial charge in [0.05, 0.1) is 6.61 Å². The van der Waals surface area contributed by atoms with Crippen molar-refractivity contribution in [2.75, 3.05) is 13.7 Å². The van der Waals surface area contributed by atoms with Crippen molar-refractivity contribution in [3.8, 4) is 6.07 Å². The Kier molecular flexibility index (Phi) is 3.21. The van der Waals surface area contributed by atoms with Crippen LogP contribution in [0.5, 0.6) is 0 Å². The molecule has 0 bridgehead atoms. The lowest BCUT2D eigenvalue weighted by Crippen LogP contribution is -2.23. The number of methoxy groups -OCH3 is 1. The minimum atomic E-state index is -0.0598. The smallest absolute Gasteiger partial charge is 0.140 e. The predicted octanol–water partition coefficient (Wildman–Crippen LogP) is 1.88. The van der Waals surface area contributed by atoms with E-state index in [0.29, 0.717) is 12.3 Å². The summed E-state index contributed by atoms with van der Waals surface area (Å²) in [5, 5.41) is 8.60. The molecule has 0 spiro atoms. The summed E-state index contributed by atoms with van der Waals surface area (Å²) in [7, 11) is 1.68. The van der Waals surface area contributed by atoms with Crippen molar-refractivity contribution in [2.24, 2.45) is 0 Å². The highest BCUT2D eigenvalue weighted by molar-refractivity contribution is 5.27. The zero-order chi connectivity index (χ0) is 10.6. The molecule has 0 radical (unpaired) electrons. The Bertz CT molecular complexity index is 335. The summed E-state index contributed by atoms with van der Waals surface area (Å²) in [6, 6.07) is 5.65. The number of aromatic nitrogens is 1. The van der Waals surface area contributed by atoms with Gasteiger partial charge in [0.15, 0.2) is 0 Å². The van der Waals surface area contributed by atoms with Gasteiger partial charge in [-0.15, -0.1) is 0 Å². The normalized spacial score (nSPS) is 11.0. The van der Waals surface area contributed by atoms with Gasteiger partial charge in [-0.25, -0.2) is 4.98 Å². The summed E-state index contributed by atoms with van der Waals surface area (Å²) in [6.07, 6.45) is 1.73. The van der Waals surface area contributed by atoms with E-state index < -0.39 is 0 Å².